The third-order valence-corrected chi connectivity index (χ3v) is 4.01. The van der Waals surface area contributed by atoms with Crippen LogP contribution >= 0.6 is 0 Å². The Hall–Kier alpha value is -2.29. The van der Waals surface area contributed by atoms with Gasteiger partial charge < -0.3 is 0 Å². The van der Waals surface area contributed by atoms with Gasteiger partial charge in [-0.1, -0.05) is 26.0 Å². The molecule has 0 aliphatic heterocycles. The van der Waals surface area contributed by atoms with Crippen molar-refractivity contribution in [3.8, 4) is 0 Å². The maximum absolute atomic E-state index is 11.6. The first-order chi connectivity index (χ1) is 10.2. The van der Waals surface area contributed by atoms with Crippen molar-refractivity contribution in [1.29, 1.82) is 0 Å². The summed E-state index contributed by atoms with van der Waals surface area (Å²) in [4.78, 5) is 20.7. The van der Waals surface area contributed by atoms with E-state index in [1.807, 2.05) is 18.2 Å². The van der Waals surface area contributed by atoms with E-state index >= 15 is 0 Å². The second-order valence-corrected chi connectivity index (χ2v) is 5.21. The first-order valence-electron chi connectivity index (χ1n) is 7.37. The van der Waals surface area contributed by atoms with E-state index in [2.05, 4.69) is 29.9 Å². The number of fused-ring (bicyclic) bond motifs is 3. The van der Waals surface area contributed by atoms with Gasteiger partial charge in [-0.3, -0.25) is 9.78 Å². The molecule has 0 fully saturated rings. The van der Waals surface area contributed by atoms with Crippen molar-refractivity contribution < 1.29 is 4.79 Å². The Bertz CT molecular complexity index is 853. The SMILES string of the molecule is CCc1c(CC)c2ccc(C(C)=O)nc2c2ncccc12. The number of carbonyl (C=O) groups is 1. The van der Waals surface area contributed by atoms with Gasteiger partial charge in [0.1, 0.15) is 5.69 Å². The van der Waals surface area contributed by atoms with Gasteiger partial charge in [0.2, 0.25) is 0 Å². The molecule has 3 rings (SSSR count). The molecule has 0 N–H and O–H groups in total. The maximum Gasteiger partial charge on any atom is 0.178 e. The Labute approximate surface area is 124 Å². The number of benzene rings is 1. The fourth-order valence-electron chi connectivity index (χ4n) is 3.05. The molecule has 1 aromatic carbocycles. The third-order valence-electron chi connectivity index (χ3n) is 4.01. The molecule has 3 nitrogen and oxygen atoms in total. The zero-order chi connectivity index (χ0) is 15.0. The van der Waals surface area contributed by atoms with Gasteiger partial charge in [0.15, 0.2) is 5.78 Å². The summed E-state index contributed by atoms with van der Waals surface area (Å²) >= 11 is 0. The van der Waals surface area contributed by atoms with E-state index in [9.17, 15) is 4.79 Å². The van der Waals surface area contributed by atoms with Crippen LogP contribution in [0.15, 0.2) is 30.5 Å². The standard InChI is InChI=1S/C18H18N2O/c1-4-12-13(5-2)15-8-9-16(11(3)21)20-18(15)17-14(12)7-6-10-19-17/h6-10H,4-5H2,1-3H3. The topological polar surface area (TPSA) is 42.9 Å². The third kappa shape index (κ3) is 2.09. The van der Waals surface area contributed by atoms with E-state index in [0.29, 0.717) is 5.69 Å². The van der Waals surface area contributed by atoms with Gasteiger partial charge in [0.25, 0.3) is 0 Å². The van der Waals surface area contributed by atoms with Crippen molar-refractivity contribution in [3.63, 3.8) is 0 Å². The van der Waals surface area contributed by atoms with E-state index in [4.69, 9.17) is 0 Å². The van der Waals surface area contributed by atoms with Crippen molar-refractivity contribution in [2.24, 2.45) is 0 Å². The lowest BCUT2D eigenvalue weighted by molar-refractivity contribution is 0.101. The van der Waals surface area contributed by atoms with E-state index in [1.54, 1.807) is 13.1 Å². The van der Waals surface area contributed by atoms with Crippen LogP contribution in [-0.4, -0.2) is 15.8 Å². The largest absolute Gasteiger partial charge is 0.293 e. The van der Waals surface area contributed by atoms with Crippen molar-refractivity contribution in [1.82, 2.24) is 9.97 Å². The van der Waals surface area contributed by atoms with Crippen LogP contribution in [0.5, 0.6) is 0 Å². The summed E-state index contributed by atoms with van der Waals surface area (Å²) in [6, 6.07) is 7.90. The van der Waals surface area contributed by atoms with Crippen LogP contribution in [0.4, 0.5) is 0 Å². The predicted molar refractivity (Wildman–Crippen MR) is 85.8 cm³/mol. The summed E-state index contributed by atoms with van der Waals surface area (Å²) < 4.78 is 0. The van der Waals surface area contributed by atoms with Gasteiger partial charge in [-0.15, -0.1) is 0 Å². The number of aryl methyl sites for hydroxylation is 2. The molecule has 0 saturated heterocycles. The lowest BCUT2D eigenvalue weighted by atomic mass is 9.93. The highest BCUT2D eigenvalue weighted by Gasteiger charge is 2.15. The zero-order valence-corrected chi connectivity index (χ0v) is 12.6. The minimum Gasteiger partial charge on any atom is -0.293 e. The molecule has 0 aliphatic rings. The molecule has 0 amide bonds. The highest BCUT2D eigenvalue weighted by Crippen LogP contribution is 2.31. The molecule has 21 heavy (non-hydrogen) atoms. The molecule has 3 aromatic rings. The molecular weight excluding hydrogens is 260 g/mol. The van der Waals surface area contributed by atoms with Gasteiger partial charge >= 0.3 is 0 Å². The number of hydrogen-bond donors (Lipinski definition) is 0. The number of nitrogens with zero attached hydrogens (tertiary/aromatic N) is 2. The Balaban J connectivity index is 2.54. The number of pyridine rings is 2. The number of ketones is 1. The fraction of sp³-hybridized carbons (Fsp3) is 0.278. The maximum atomic E-state index is 11.6. The van der Waals surface area contributed by atoms with Gasteiger partial charge in [-0.25, -0.2) is 4.98 Å². The molecule has 106 valence electrons. The number of Topliss-reactive ketones (excluding diaryl/α,β-unsaturated/α-hetero) is 1. The lowest BCUT2D eigenvalue weighted by Gasteiger charge is -2.14. The number of hydrogen-bond acceptors (Lipinski definition) is 3. The van der Waals surface area contributed by atoms with Gasteiger partial charge in [0, 0.05) is 23.9 Å². The molecule has 2 heterocycles. The monoisotopic (exact) mass is 278 g/mol. The highest BCUT2D eigenvalue weighted by atomic mass is 16.1. The van der Waals surface area contributed by atoms with E-state index in [-0.39, 0.29) is 5.78 Å². The summed E-state index contributed by atoms with van der Waals surface area (Å²) in [6.45, 7) is 5.88. The van der Waals surface area contributed by atoms with Crippen LogP contribution < -0.4 is 0 Å². The molecular formula is C18H18N2O. The van der Waals surface area contributed by atoms with Crippen LogP contribution in [0.25, 0.3) is 21.8 Å². The van der Waals surface area contributed by atoms with Crippen molar-refractivity contribution >= 4 is 27.6 Å². The predicted octanol–water partition coefficient (Wildman–Crippen LogP) is 4.11. The van der Waals surface area contributed by atoms with Gasteiger partial charge in [-0.05, 0) is 36.1 Å². The minimum atomic E-state index is -0.0152. The normalized spacial score (nSPS) is 11.2. The van der Waals surface area contributed by atoms with Crippen molar-refractivity contribution in [2.75, 3.05) is 0 Å². The average Bonchev–Trinajstić information content (AvgIpc) is 2.52. The fourth-order valence-corrected chi connectivity index (χ4v) is 3.05. The molecule has 0 spiro atoms. The molecule has 0 aliphatic carbocycles. The average molecular weight is 278 g/mol. The van der Waals surface area contributed by atoms with Crippen LogP contribution in [-0.2, 0) is 12.8 Å². The van der Waals surface area contributed by atoms with Gasteiger partial charge in [0.05, 0.1) is 11.0 Å². The van der Waals surface area contributed by atoms with Crippen molar-refractivity contribution in [3.05, 3.63) is 47.3 Å². The Kier molecular flexibility index (Phi) is 3.42. The van der Waals surface area contributed by atoms with Crippen LogP contribution in [0.3, 0.4) is 0 Å². The Morgan fingerprint density at radius 2 is 1.67 bits per heavy atom. The lowest BCUT2D eigenvalue weighted by Crippen LogP contribution is -2.02. The number of aromatic nitrogens is 2. The number of rotatable bonds is 3. The molecule has 0 bridgehead atoms. The first-order valence-corrected chi connectivity index (χ1v) is 7.37. The quantitative estimate of drug-likeness (QED) is 0.535. The van der Waals surface area contributed by atoms with E-state index < -0.39 is 0 Å². The number of carbonyl (C=O) groups excluding carboxylic acids is 1. The molecule has 0 atom stereocenters. The molecule has 2 aromatic heterocycles. The molecule has 0 unspecified atom stereocenters. The summed E-state index contributed by atoms with van der Waals surface area (Å²) in [7, 11) is 0. The van der Waals surface area contributed by atoms with Crippen LogP contribution in [0, 0.1) is 0 Å². The van der Waals surface area contributed by atoms with E-state index in [1.165, 1.54) is 11.1 Å². The summed E-state index contributed by atoms with van der Waals surface area (Å²) in [5.41, 5.74) is 4.89. The first kappa shape index (κ1) is 13.7. The highest BCUT2D eigenvalue weighted by molar-refractivity contribution is 6.08. The Morgan fingerprint density at radius 1 is 1.00 bits per heavy atom. The molecule has 3 heteroatoms. The molecule has 0 saturated carbocycles. The van der Waals surface area contributed by atoms with E-state index in [0.717, 1.165) is 34.6 Å². The summed E-state index contributed by atoms with van der Waals surface area (Å²) in [5.74, 6) is -0.0152. The zero-order valence-electron chi connectivity index (χ0n) is 12.6. The van der Waals surface area contributed by atoms with Gasteiger partial charge in [-0.2, -0.15) is 0 Å². The second kappa shape index (κ2) is 5.24. The summed E-state index contributed by atoms with van der Waals surface area (Å²) in [5, 5.41) is 2.27. The summed E-state index contributed by atoms with van der Waals surface area (Å²) in [6.07, 6.45) is 3.70. The van der Waals surface area contributed by atoms with Crippen LogP contribution in [0.1, 0.15) is 42.4 Å². The van der Waals surface area contributed by atoms with Crippen molar-refractivity contribution in [2.45, 2.75) is 33.6 Å². The molecule has 0 radical (unpaired) electrons. The second-order valence-electron chi connectivity index (χ2n) is 5.21. The Morgan fingerprint density at radius 3 is 2.29 bits per heavy atom. The minimum absolute atomic E-state index is 0.0152. The van der Waals surface area contributed by atoms with Crippen LogP contribution in [0.2, 0.25) is 0 Å². The smallest absolute Gasteiger partial charge is 0.178 e.